The summed E-state index contributed by atoms with van der Waals surface area (Å²) in [6, 6.07) is 14.3. The van der Waals surface area contributed by atoms with Crippen molar-refractivity contribution in [3.8, 4) is 11.3 Å². The molecule has 0 bridgehead atoms. The summed E-state index contributed by atoms with van der Waals surface area (Å²) in [6.07, 6.45) is 3.15. The summed E-state index contributed by atoms with van der Waals surface area (Å²) in [5.41, 5.74) is 4.02. The number of para-hydroxylation sites is 1. The van der Waals surface area contributed by atoms with E-state index in [1.807, 2.05) is 61.7 Å². The quantitative estimate of drug-likeness (QED) is 0.206. The number of nitrogens with one attached hydrogen (secondary N) is 2. The average Bonchev–Trinajstić information content (AvgIpc) is 3.44. The number of pyridine rings is 1. The highest BCUT2D eigenvalue weighted by Gasteiger charge is 2.27. The van der Waals surface area contributed by atoms with Gasteiger partial charge in [0.1, 0.15) is 22.9 Å². The Morgan fingerprint density at radius 3 is 2.36 bits per heavy atom. The number of carbonyl (C=O) groups excluding carboxylic acids is 2. The van der Waals surface area contributed by atoms with Gasteiger partial charge < -0.3 is 9.88 Å². The molecule has 2 aliphatic rings. The molecule has 2 aromatic carbocycles. The first kappa shape index (κ1) is 33.2. The lowest BCUT2D eigenvalue weighted by Gasteiger charge is -2.36. The third-order valence-corrected chi connectivity index (χ3v) is 9.13. The molecule has 5 aromatic rings. The van der Waals surface area contributed by atoms with Gasteiger partial charge in [-0.3, -0.25) is 24.8 Å². The van der Waals surface area contributed by atoms with Crippen molar-refractivity contribution in [3.05, 3.63) is 89.5 Å². The van der Waals surface area contributed by atoms with Crippen molar-refractivity contribution < 1.29 is 18.4 Å². The second-order valence-electron chi connectivity index (χ2n) is 13.0. The van der Waals surface area contributed by atoms with Crippen LogP contribution in [0.15, 0.2) is 60.9 Å². The molecule has 0 radical (unpaired) electrons. The van der Waals surface area contributed by atoms with Crippen molar-refractivity contribution in [2.75, 3.05) is 42.9 Å². The Labute approximate surface area is 288 Å². The minimum atomic E-state index is -0.665. The number of hydrogen-bond donors (Lipinski definition) is 2. The molecule has 2 aliphatic heterocycles. The third kappa shape index (κ3) is 6.89. The normalized spacial score (nSPS) is 16.0. The molecule has 0 aliphatic carbocycles. The van der Waals surface area contributed by atoms with Gasteiger partial charge in [0, 0.05) is 75.7 Å². The number of carbonyl (C=O) groups is 2. The maximum atomic E-state index is 15.1. The number of imide groups is 1. The number of anilines is 3. The number of hydrogen-bond acceptors (Lipinski definition) is 9. The van der Waals surface area contributed by atoms with Crippen molar-refractivity contribution >= 4 is 40.4 Å². The van der Waals surface area contributed by atoms with Crippen molar-refractivity contribution in [1.29, 1.82) is 0 Å². The lowest BCUT2D eigenvalue weighted by molar-refractivity contribution is -0.120. The van der Waals surface area contributed by atoms with Gasteiger partial charge in [-0.05, 0) is 56.2 Å². The fourth-order valence-corrected chi connectivity index (χ4v) is 6.70. The second kappa shape index (κ2) is 13.9. The van der Waals surface area contributed by atoms with E-state index in [0.29, 0.717) is 35.8 Å². The van der Waals surface area contributed by atoms with E-state index in [1.54, 1.807) is 17.2 Å². The smallest absolute Gasteiger partial charge is 0.326 e. The van der Waals surface area contributed by atoms with Gasteiger partial charge in [0.15, 0.2) is 11.6 Å². The monoisotopic (exact) mass is 680 g/mol. The van der Waals surface area contributed by atoms with E-state index in [-0.39, 0.29) is 41.6 Å². The Kier molecular flexibility index (Phi) is 9.21. The average molecular weight is 681 g/mol. The lowest BCUT2D eigenvalue weighted by Crippen LogP contribution is -2.50. The van der Waals surface area contributed by atoms with Crippen LogP contribution in [0.25, 0.3) is 22.3 Å². The van der Waals surface area contributed by atoms with Gasteiger partial charge in [-0.25, -0.2) is 33.5 Å². The predicted octanol–water partition coefficient (Wildman–Crippen LogP) is 5.56. The number of fused-ring (bicyclic) bond motifs is 1. The highest BCUT2D eigenvalue weighted by molar-refractivity contribution is 6.05. The molecule has 7 rings (SSSR count). The first-order chi connectivity index (χ1) is 24.1. The molecule has 258 valence electrons. The predicted molar refractivity (Wildman–Crippen MR) is 186 cm³/mol. The van der Waals surface area contributed by atoms with Gasteiger partial charge in [0.2, 0.25) is 11.9 Å². The SMILES string of the molecule is Cc1nc2c(F)cc(-c3nc(Nc4ccc(CN5CCN(Cc6ccccc6N6CCC(=O)NC6=O)CC5)cn4)ncc3F)cc2n1C(C)C. The van der Waals surface area contributed by atoms with Crippen molar-refractivity contribution in [2.45, 2.75) is 46.3 Å². The van der Waals surface area contributed by atoms with Crippen LogP contribution in [0.4, 0.5) is 31.0 Å². The first-order valence-corrected chi connectivity index (χ1v) is 16.7. The molecule has 0 atom stereocenters. The van der Waals surface area contributed by atoms with Crippen molar-refractivity contribution in [2.24, 2.45) is 0 Å². The molecule has 3 aromatic heterocycles. The summed E-state index contributed by atoms with van der Waals surface area (Å²) < 4.78 is 32.0. The Morgan fingerprint density at radius 2 is 1.64 bits per heavy atom. The minimum Gasteiger partial charge on any atom is -0.326 e. The zero-order chi connectivity index (χ0) is 34.9. The molecule has 0 spiro atoms. The third-order valence-electron chi connectivity index (χ3n) is 9.13. The number of aryl methyl sites for hydroxylation is 1. The molecule has 0 unspecified atom stereocenters. The number of aromatic nitrogens is 5. The largest absolute Gasteiger partial charge is 0.328 e. The second-order valence-corrected chi connectivity index (χ2v) is 13.0. The Hall–Kier alpha value is -5.34. The number of halogens is 2. The molecule has 2 N–H and O–H groups in total. The Balaban J connectivity index is 0.965. The summed E-state index contributed by atoms with van der Waals surface area (Å²) >= 11 is 0. The standard InChI is InChI=1S/C36H38F2N10O2/c1-22(2)48-23(3)41-34-27(37)16-26(17-30(34)48)33-28(38)19-40-35(44-33)42-31-9-8-24(18-39-31)20-45-12-14-46(15-13-45)21-25-6-4-5-7-29(25)47-11-10-32(49)43-36(47)50/h4-9,16-19,22H,10-15,20-21H2,1-3H3,(H,43,49,50)(H,39,40,42,44). The van der Waals surface area contributed by atoms with E-state index in [1.165, 1.54) is 6.07 Å². The summed E-state index contributed by atoms with van der Waals surface area (Å²) in [7, 11) is 0. The van der Waals surface area contributed by atoms with Gasteiger partial charge in [-0.2, -0.15) is 0 Å². The highest BCUT2D eigenvalue weighted by Crippen LogP contribution is 2.31. The van der Waals surface area contributed by atoms with E-state index in [4.69, 9.17) is 0 Å². The number of piperazine rings is 1. The van der Waals surface area contributed by atoms with Crippen molar-refractivity contribution in [1.82, 2.24) is 39.6 Å². The number of benzene rings is 2. The van der Waals surface area contributed by atoms with Crippen LogP contribution in [0, 0.1) is 18.6 Å². The van der Waals surface area contributed by atoms with Crippen molar-refractivity contribution in [3.63, 3.8) is 0 Å². The summed E-state index contributed by atoms with van der Waals surface area (Å²) in [5, 5.41) is 5.45. The number of amides is 3. The maximum Gasteiger partial charge on any atom is 0.328 e. The number of rotatable bonds is 9. The van der Waals surface area contributed by atoms with Crippen LogP contribution in [0.5, 0.6) is 0 Å². The van der Waals surface area contributed by atoms with Crippen LogP contribution in [0.1, 0.15) is 43.3 Å². The Morgan fingerprint density at radius 1 is 0.880 bits per heavy atom. The summed E-state index contributed by atoms with van der Waals surface area (Å²) in [5.74, 6) is -0.135. The lowest BCUT2D eigenvalue weighted by atomic mass is 10.1. The van der Waals surface area contributed by atoms with Gasteiger partial charge in [-0.15, -0.1) is 0 Å². The highest BCUT2D eigenvalue weighted by atomic mass is 19.1. The van der Waals surface area contributed by atoms with E-state index in [9.17, 15) is 14.0 Å². The van der Waals surface area contributed by atoms with E-state index in [2.05, 4.69) is 40.4 Å². The van der Waals surface area contributed by atoms with Crippen LogP contribution in [-0.4, -0.2) is 79.0 Å². The number of imidazole rings is 1. The Bertz CT molecular complexity index is 2060. The minimum absolute atomic E-state index is 0.0230. The van der Waals surface area contributed by atoms with Crippen LogP contribution in [-0.2, 0) is 17.9 Å². The van der Waals surface area contributed by atoms with Crippen LogP contribution >= 0.6 is 0 Å². The van der Waals surface area contributed by atoms with Gasteiger partial charge >= 0.3 is 6.03 Å². The molecule has 14 heteroatoms. The fraction of sp³-hybridized carbons (Fsp3) is 0.333. The van der Waals surface area contributed by atoms with E-state index in [0.717, 1.165) is 55.7 Å². The van der Waals surface area contributed by atoms with E-state index < -0.39 is 11.6 Å². The molecular formula is C36H38F2N10O2. The van der Waals surface area contributed by atoms with Crippen LogP contribution < -0.4 is 15.5 Å². The molecule has 3 amide bonds. The summed E-state index contributed by atoms with van der Waals surface area (Å²) in [6.45, 7) is 11.1. The fourth-order valence-electron chi connectivity index (χ4n) is 6.70. The molecule has 5 heterocycles. The van der Waals surface area contributed by atoms with E-state index >= 15 is 4.39 Å². The molecule has 12 nitrogen and oxygen atoms in total. The van der Waals surface area contributed by atoms with Gasteiger partial charge in [-0.1, -0.05) is 24.3 Å². The zero-order valence-electron chi connectivity index (χ0n) is 28.2. The van der Waals surface area contributed by atoms with Gasteiger partial charge in [0.25, 0.3) is 0 Å². The van der Waals surface area contributed by atoms with Crippen LogP contribution in [0.2, 0.25) is 0 Å². The van der Waals surface area contributed by atoms with Gasteiger partial charge in [0.05, 0.1) is 11.7 Å². The molecule has 2 saturated heterocycles. The molecule has 50 heavy (non-hydrogen) atoms. The maximum absolute atomic E-state index is 15.1. The number of nitrogens with zero attached hydrogens (tertiary/aromatic N) is 8. The topological polar surface area (TPSA) is 124 Å². The zero-order valence-corrected chi connectivity index (χ0v) is 28.2. The molecular weight excluding hydrogens is 642 g/mol. The molecule has 2 fully saturated rings. The molecule has 0 saturated carbocycles. The van der Waals surface area contributed by atoms with Crippen LogP contribution in [0.3, 0.4) is 0 Å². The summed E-state index contributed by atoms with van der Waals surface area (Å²) in [4.78, 5) is 47.8. The number of urea groups is 1. The first-order valence-electron chi connectivity index (χ1n) is 16.7.